The molecule has 172 valence electrons. The third-order valence-corrected chi connectivity index (χ3v) is 5.49. The Bertz CT molecular complexity index is 1450. The number of aromatic nitrogens is 5. The first-order valence-electron chi connectivity index (χ1n) is 10.0. The van der Waals surface area contributed by atoms with Gasteiger partial charge in [-0.2, -0.15) is 9.65 Å². The Morgan fingerprint density at radius 1 is 1.35 bits per heavy atom. The van der Waals surface area contributed by atoms with Gasteiger partial charge in [0.25, 0.3) is 11.5 Å². The van der Waals surface area contributed by atoms with Crippen LogP contribution in [0.2, 0.25) is 0 Å². The lowest BCUT2D eigenvalue weighted by Gasteiger charge is -2.26. The van der Waals surface area contributed by atoms with E-state index in [-0.39, 0.29) is 17.1 Å². The predicted octanol–water partition coefficient (Wildman–Crippen LogP) is 2.40. The molecule has 0 unspecified atom stereocenters. The predicted molar refractivity (Wildman–Crippen MR) is 116 cm³/mol. The lowest BCUT2D eigenvalue weighted by atomic mass is 9.80. The highest BCUT2D eigenvalue weighted by Crippen LogP contribution is 2.39. The minimum absolute atomic E-state index is 0.0802. The van der Waals surface area contributed by atoms with Crippen molar-refractivity contribution in [1.29, 1.82) is 5.26 Å². The molecule has 3 N–H and O–H groups in total. The molecule has 0 aliphatic rings. The van der Waals surface area contributed by atoms with Crippen molar-refractivity contribution >= 4 is 11.6 Å². The molecule has 0 aliphatic carbocycles. The van der Waals surface area contributed by atoms with E-state index in [0.717, 1.165) is 10.8 Å². The van der Waals surface area contributed by atoms with Gasteiger partial charge in [-0.1, -0.05) is 30.3 Å². The van der Waals surface area contributed by atoms with E-state index in [4.69, 9.17) is 0 Å². The minimum atomic E-state index is -0.868. The van der Waals surface area contributed by atoms with E-state index in [1.807, 2.05) is 0 Å². The Balaban J connectivity index is 1.87. The SMILES string of the molecule is C[C@H](c1nc(C(=O)Nc2cnoc2)c(O)c(=O)n1C)[C@H](c1ccccc1C#N)c1c[nH]nc1F. The normalized spacial score (nSPS) is 12.6. The molecule has 1 aromatic carbocycles. The lowest BCUT2D eigenvalue weighted by molar-refractivity contribution is 0.101. The number of nitrogens with zero attached hydrogens (tertiary/aromatic N) is 5. The number of hydrogen-bond donors (Lipinski definition) is 3. The van der Waals surface area contributed by atoms with Gasteiger partial charge in [-0.15, -0.1) is 5.10 Å². The zero-order valence-corrected chi connectivity index (χ0v) is 18.0. The third kappa shape index (κ3) is 3.90. The number of carbonyl (C=O) groups excluding carboxylic acids is 1. The molecule has 12 heteroatoms. The molecule has 3 heterocycles. The van der Waals surface area contributed by atoms with Crippen LogP contribution in [0.15, 0.2) is 52.2 Å². The first-order valence-corrected chi connectivity index (χ1v) is 10.0. The number of halogens is 1. The maximum Gasteiger partial charge on any atom is 0.296 e. The number of nitriles is 1. The Morgan fingerprint density at radius 3 is 2.76 bits per heavy atom. The molecule has 4 rings (SSSR count). The number of aromatic hydroxyl groups is 1. The Morgan fingerprint density at radius 2 is 2.12 bits per heavy atom. The van der Waals surface area contributed by atoms with Crippen LogP contribution < -0.4 is 10.9 Å². The summed E-state index contributed by atoms with van der Waals surface area (Å²) in [5, 5.41) is 31.9. The van der Waals surface area contributed by atoms with E-state index in [0.29, 0.717) is 11.1 Å². The highest BCUT2D eigenvalue weighted by molar-refractivity contribution is 6.04. The first-order chi connectivity index (χ1) is 16.3. The zero-order chi connectivity index (χ0) is 24.4. The summed E-state index contributed by atoms with van der Waals surface area (Å²) in [5.74, 6) is -3.95. The van der Waals surface area contributed by atoms with Gasteiger partial charge in [-0.05, 0) is 11.6 Å². The molecule has 2 atom stereocenters. The van der Waals surface area contributed by atoms with Crippen LogP contribution in [0.5, 0.6) is 5.75 Å². The van der Waals surface area contributed by atoms with Crippen molar-refractivity contribution in [2.75, 3.05) is 5.32 Å². The summed E-state index contributed by atoms with van der Waals surface area (Å²) in [6.45, 7) is 1.67. The summed E-state index contributed by atoms with van der Waals surface area (Å²) in [5.41, 5.74) is -0.265. The molecule has 3 aromatic heterocycles. The van der Waals surface area contributed by atoms with Crippen LogP contribution >= 0.6 is 0 Å². The third-order valence-electron chi connectivity index (χ3n) is 5.49. The maximum absolute atomic E-state index is 14.6. The summed E-state index contributed by atoms with van der Waals surface area (Å²) in [6.07, 6.45) is 3.76. The van der Waals surface area contributed by atoms with E-state index < -0.39 is 40.7 Å². The van der Waals surface area contributed by atoms with Crippen molar-refractivity contribution in [3.8, 4) is 11.8 Å². The number of benzene rings is 1. The molecule has 0 radical (unpaired) electrons. The molecule has 1 amide bonds. The van der Waals surface area contributed by atoms with Crippen LogP contribution in [-0.2, 0) is 7.05 Å². The molecule has 0 fully saturated rings. The second-order valence-electron chi connectivity index (χ2n) is 7.50. The number of carbonyl (C=O) groups is 1. The van der Waals surface area contributed by atoms with Crippen molar-refractivity contribution in [1.82, 2.24) is 24.9 Å². The minimum Gasteiger partial charge on any atom is -0.501 e. The van der Waals surface area contributed by atoms with Crippen LogP contribution in [-0.4, -0.2) is 35.9 Å². The van der Waals surface area contributed by atoms with Gasteiger partial charge in [0.05, 0.1) is 17.8 Å². The molecule has 0 aliphatic heterocycles. The number of hydrogen-bond acceptors (Lipinski definition) is 8. The number of aromatic amines is 1. The smallest absolute Gasteiger partial charge is 0.296 e. The van der Waals surface area contributed by atoms with Crippen LogP contribution in [0.25, 0.3) is 0 Å². The fourth-order valence-corrected chi connectivity index (χ4v) is 3.86. The van der Waals surface area contributed by atoms with Crippen LogP contribution in [0.4, 0.5) is 10.1 Å². The number of H-pyrrole nitrogens is 1. The van der Waals surface area contributed by atoms with Crippen LogP contribution in [0.3, 0.4) is 0 Å². The van der Waals surface area contributed by atoms with Crippen molar-refractivity contribution in [2.24, 2.45) is 7.05 Å². The van der Waals surface area contributed by atoms with E-state index in [2.05, 4.69) is 36.2 Å². The number of anilines is 1. The van der Waals surface area contributed by atoms with Crippen LogP contribution in [0, 0.1) is 17.3 Å². The zero-order valence-electron chi connectivity index (χ0n) is 18.0. The number of amides is 1. The average molecular weight is 463 g/mol. The number of nitrogens with one attached hydrogen (secondary N) is 2. The second-order valence-corrected chi connectivity index (χ2v) is 7.50. The van der Waals surface area contributed by atoms with Crippen molar-refractivity contribution in [2.45, 2.75) is 18.8 Å². The quantitative estimate of drug-likeness (QED) is 0.392. The van der Waals surface area contributed by atoms with Crippen LogP contribution in [0.1, 0.15) is 51.8 Å². The lowest BCUT2D eigenvalue weighted by Crippen LogP contribution is -2.29. The average Bonchev–Trinajstić information content (AvgIpc) is 3.50. The number of rotatable bonds is 6. The fourth-order valence-electron chi connectivity index (χ4n) is 3.86. The summed E-state index contributed by atoms with van der Waals surface area (Å²) in [4.78, 5) is 29.8. The fraction of sp³-hybridized carbons (Fsp3) is 0.182. The van der Waals surface area contributed by atoms with E-state index in [1.165, 1.54) is 19.4 Å². The second kappa shape index (κ2) is 8.99. The standard InChI is InChI=1S/C22H18FN7O4/c1-11(16(15-9-25-29-19(15)23)14-6-4-3-5-12(14)7-24)20-28-17(18(31)22(33)30(20)2)21(32)27-13-8-26-34-10-13/h3-6,8-11,16,31H,1-2H3,(H,25,29)(H,27,32)/t11-,16+/m0/s1. The summed E-state index contributed by atoms with van der Waals surface area (Å²) >= 11 is 0. The maximum atomic E-state index is 14.6. The van der Waals surface area contributed by atoms with Gasteiger partial charge >= 0.3 is 0 Å². The van der Waals surface area contributed by atoms with Gasteiger partial charge in [0.2, 0.25) is 11.7 Å². The highest BCUT2D eigenvalue weighted by atomic mass is 19.1. The molecule has 0 spiro atoms. The van der Waals surface area contributed by atoms with Crippen molar-refractivity contribution < 1.29 is 18.8 Å². The molecule has 11 nitrogen and oxygen atoms in total. The molecule has 4 aromatic rings. The monoisotopic (exact) mass is 463 g/mol. The summed E-state index contributed by atoms with van der Waals surface area (Å²) in [7, 11) is 1.38. The largest absolute Gasteiger partial charge is 0.501 e. The molecule has 0 saturated heterocycles. The van der Waals surface area contributed by atoms with Gasteiger partial charge in [-0.3, -0.25) is 19.3 Å². The summed E-state index contributed by atoms with van der Waals surface area (Å²) in [6, 6.07) is 8.74. The van der Waals surface area contributed by atoms with Crippen molar-refractivity contribution in [3.05, 3.63) is 87.4 Å². The Hall–Kier alpha value is -4.79. The highest BCUT2D eigenvalue weighted by Gasteiger charge is 2.33. The molecular weight excluding hydrogens is 445 g/mol. The van der Waals surface area contributed by atoms with E-state index in [9.17, 15) is 24.3 Å². The Labute approximate surface area is 191 Å². The van der Waals surface area contributed by atoms with Gasteiger partial charge in [-0.25, -0.2) is 4.98 Å². The van der Waals surface area contributed by atoms with E-state index >= 15 is 0 Å². The first kappa shape index (κ1) is 22.4. The van der Waals surface area contributed by atoms with Gasteiger partial charge in [0.1, 0.15) is 17.8 Å². The van der Waals surface area contributed by atoms with E-state index in [1.54, 1.807) is 31.2 Å². The van der Waals surface area contributed by atoms with Gasteiger partial charge in [0.15, 0.2) is 5.69 Å². The summed E-state index contributed by atoms with van der Waals surface area (Å²) < 4.78 is 20.4. The molecular formula is C22H18FN7O4. The Kier molecular flexibility index (Phi) is 5.92. The molecule has 0 saturated carbocycles. The van der Waals surface area contributed by atoms with Gasteiger partial charge in [0, 0.05) is 30.6 Å². The van der Waals surface area contributed by atoms with Gasteiger partial charge < -0.3 is 14.9 Å². The molecule has 0 bridgehead atoms. The van der Waals surface area contributed by atoms with Crippen molar-refractivity contribution in [3.63, 3.8) is 0 Å². The molecule has 34 heavy (non-hydrogen) atoms. The topological polar surface area (TPSA) is 163 Å².